The largest absolute Gasteiger partial charge is 0.354 e. The Morgan fingerprint density at radius 3 is 2.20 bits per heavy atom. The number of fused-ring (bicyclic) bond motifs is 1. The summed E-state index contributed by atoms with van der Waals surface area (Å²) in [5.41, 5.74) is 2.05. The molecule has 2 amide bonds. The number of rotatable bonds is 12. The first-order valence-corrected chi connectivity index (χ1v) is 15.7. The minimum Gasteiger partial charge on any atom is -0.354 e. The molecule has 0 heterocycles. The summed E-state index contributed by atoms with van der Waals surface area (Å²) in [6, 6.07) is 28.4. The van der Waals surface area contributed by atoms with Gasteiger partial charge < -0.3 is 10.2 Å². The SMILES string of the molecule is CCCNC(=O)[C@H](Cc1ccccc1)N(Cc1ccc(Cl)cc1)C(=O)CN(c1cccc2ccccc12)S(C)(=O)=O. The zero-order valence-corrected chi connectivity index (χ0v) is 24.7. The molecule has 0 aliphatic rings. The topological polar surface area (TPSA) is 86.8 Å². The van der Waals surface area contributed by atoms with Crippen LogP contribution in [0.25, 0.3) is 10.8 Å². The van der Waals surface area contributed by atoms with E-state index in [1.807, 2.05) is 67.6 Å². The number of nitrogens with one attached hydrogen (secondary N) is 1. The summed E-state index contributed by atoms with van der Waals surface area (Å²) in [6.07, 6.45) is 2.09. The van der Waals surface area contributed by atoms with Crippen LogP contribution < -0.4 is 9.62 Å². The van der Waals surface area contributed by atoms with Crippen molar-refractivity contribution in [2.24, 2.45) is 0 Å². The fourth-order valence-corrected chi connectivity index (χ4v) is 5.71. The van der Waals surface area contributed by atoms with Crippen LogP contribution in [0.1, 0.15) is 24.5 Å². The van der Waals surface area contributed by atoms with Gasteiger partial charge in [0.25, 0.3) is 0 Å². The van der Waals surface area contributed by atoms with Crippen molar-refractivity contribution in [3.8, 4) is 0 Å². The lowest BCUT2D eigenvalue weighted by molar-refractivity contribution is -0.140. The number of hydrogen-bond donors (Lipinski definition) is 1. The van der Waals surface area contributed by atoms with Crippen LogP contribution >= 0.6 is 11.6 Å². The summed E-state index contributed by atoms with van der Waals surface area (Å²) in [5, 5.41) is 5.04. The van der Waals surface area contributed by atoms with E-state index in [9.17, 15) is 18.0 Å². The van der Waals surface area contributed by atoms with Gasteiger partial charge in [0.05, 0.1) is 11.9 Å². The minimum absolute atomic E-state index is 0.0974. The van der Waals surface area contributed by atoms with Crippen LogP contribution in [0.5, 0.6) is 0 Å². The summed E-state index contributed by atoms with van der Waals surface area (Å²) >= 11 is 6.10. The fourth-order valence-electron chi connectivity index (χ4n) is 4.73. The van der Waals surface area contributed by atoms with E-state index in [1.54, 1.807) is 36.4 Å². The second-order valence-corrected chi connectivity index (χ2v) is 12.3. The molecule has 1 atom stereocenters. The van der Waals surface area contributed by atoms with Crippen LogP contribution in [0.2, 0.25) is 5.02 Å². The Morgan fingerprint density at radius 1 is 0.854 bits per heavy atom. The van der Waals surface area contributed by atoms with Crippen molar-refractivity contribution in [2.45, 2.75) is 32.4 Å². The Bertz CT molecular complexity index is 1590. The zero-order valence-electron chi connectivity index (χ0n) is 23.2. The van der Waals surface area contributed by atoms with Gasteiger partial charge in [-0.3, -0.25) is 13.9 Å². The molecule has 7 nitrogen and oxygen atoms in total. The van der Waals surface area contributed by atoms with Gasteiger partial charge >= 0.3 is 0 Å². The van der Waals surface area contributed by atoms with E-state index < -0.39 is 28.5 Å². The number of benzene rings is 4. The highest BCUT2D eigenvalue weighted by atomic mass is 35.5. The molecule has 1 N–H and O–H groups in total. The van der Waals surface area contributed by atoms with Crippen molar-refractivity contribution in [2.75, 3.05) is 23.7 Å². The predicted molar refractivity (Wildman–Crippen MR) is 165 cm³/mol. The van der Waals surface area contributed by atoms with E-state index in [-0.39, 0.29) is 18.9 Å². The molecule has 0 aliphatic heterocycles. The van der Waals surface area contributed by atoms with Gasteiger partial charge in [-0.05, 0) is 41.1 Å². The maximum absolute atomic E-state index is 14.2. The highest BCUT2D eigenvalue weighted by Gasteiger charge is 2.33. The van der Waals surface area contributed by atoms with Crippen LogP contribution in [-0.2, 0) is 32.6 Å². The number of anilines is 1. The van der Waals surface area contributed by atoms with Gasteiger partial charge in [0, 0.05) is 29.9 Å². The van der Waals surface area contributed by atoms with Gasteiger partial charge in [0.15, 0.2) is 0 Å². The quantitative estimate of drug-likeness (QED) is 0.238. The molecular weight excluding hydrogens is 558 g/mol. The Hall–Kier alpha value is -3.88. The highest BCUT2D eigenvalue weighted by Crippen LogP contribution is 2.29. The van der Waals surface area contributed by atoms with Crippen molar-refractivity contribution in [1.29, 1.82) is 0 Å². The Morgan fingerprint density at radius 2 is 1.51 bits per heavy atom. The van der Waals surface area contributed by atoms with Gasteiger partial charge in [-0.1, -0.05) is 97.4 Å². The molecule has 4 rings (SSSR count). The molecule has 4 aromatic rings. The highest BCUT2D eigenvalue weighted by molar-refractivity contribution is 7.92. The lowest BCUT2D eigenvalue weighted by Crippen LogP contribution is -2.53. The normalized spacial score (nSPS) is 12.1. The number of halogens is 1. The van der Waals surface area contributed by atoms with Crippen molar-refractivity contribution >= 4 is 49.9 Å². The number of carbonyl (C=O) groups excluding carboxylic acids is 2. The molecule has 0 saturated heterocycles. The molecule has 9 heteroatoms. The van der Waals surface area contributed by atoms with Gasteiger partial charge in [-0.15, -0.1) is 0 Å². The van der Waals surface area contributed by atoms with Crippen molar-refractivity contribution in [3.63, 3.8) is 0 Å². The molecule has 0 unspecified atom stereocenters. The first-order chi connectivity index (χ1) is 19.7. The van der Waals surface area contributed by atoms with E-state index in [0.717, 1.165) is 33.5 Å². The molecule has 0 bridgehead atoms. The van der Waals surface area contributed by atoms with Crippen LogP contribution in [0, 0.1) is 0 Å². The van der Waals surface area contributed by atoms with Gasteiger partial charge in [-0.2, -0.15) is 0 Å². The third-order valence-electron chi connectivity index (χ3n) is 6.80. The Labute approximate surface area is 246 Å². The average molecular weight is 592 g/mol. The summed E-state index contributed by atoms with van der Waals surface area (Å²) in [5.74, 6) is -0.792. The molecule has 0 spiro atoms. The smallest absolute Gasteiger partial charge is 0.244 e. The Kier molecular flexibility index (Phi) is 10.0. The van der Waals surface area contributed by atoms with E-state index in [4.69, 9.17) is 11.6 Å². The maximum atomic E-state index is 14.2. The van der Waals surface area contributed by atoms with Crippen LogP contribution in [0.4, 0.5) is 5.69 Å². The second kappa shape index (κ2) is 13.7. The third-order valence-corrected chi connectivity index (χ3v) is 8.18. The third kappa shape index (κ3) is 7.86. The number of amides is 2. The molecule has 0 radical (unpaired) electrons. The van der Waals surface area contributed by atoms with Crippen molar-refractivity contribution < 1.29 is 18.0 Å². The summed E-state index contributed by atoms with van der Waals surface area (Å²) in [7, 11) is -3.87. The zero-order chi connectivity index (χ0) is 29.4. The van der Waals surface area contributed by atoms with Gasteiger partial charge in [-0.25, -0.2) is 8.42 Å². The van der Waals surface area contributed by atoms with Crippen molar-refractivity contribution in [1.82, 2.24) is 10.2 Å². The number of hydrogen-bond acceptors (Lipinski definition) is 4. The lowest BCUT2D eigenvalue weighted by atomic mass is 10.0. The predicted octanol–water partition coefficient (Wildman–Crippen LogP) is 5.43. The van der Waals surface area contributed by atoms with Crippen molar-refractivity contribution in [3.05, 3.63) is 113 Å². The molecule has 0 fully saturated rings. The second-order valence-electron chi connectivity index (χ2n) is 9.91. The molecule has 41 heavy (non-hydrogen) atoms. The maximum Gasteiger partial charge on any atom is 0.244 e. The lowest BCUT2D eigenvalue weighted by Gasteiger charge is -2.33. The summed E-state index contributed by atoms with van der Waals surface area (Å²) in [4.78, 5) is 29.2. The molecule has 0 aromatic heterocycles. The first kappa shape index (κ1) is 30.1. The van der Waals surface area contributed by atoms with Crippen LogP contribution in [-0.4, -0.2) is 50.5 Å². The number of sulfonamides is 1. The molecule has 0 saturated carbocycles. The van der Waals surface area contributed by atoms with Crippen LogP contribution in [0.15, 0.2) is 97.1 Å². The van der Waals surface area contributed by atoms with E-state index >= 15 is 0 Å². The molecule has 4 aromatic carbocycles. The fraction of sp³-hybridized carbons (Fsp3) is 0.250. The first-order valence-electron chi connectivity index (χ1n) is 13.5. The molecule has 0 aliphatic carbocycles. The van der Waals surface area contributed by atoms with Gasteiger partial charge in [0.2, 0.25) is 21.8 Å². The van der Waals surface area contributed by atoms with E-state index in [1.165, 1.54) is 4.90 Å². The minimum atomic E-state index is -3.87. The van der Waals surface area contributed by atoms with E-state index in [0.29, 0.717) is 22.6 Å². The summed E-state index contributed by atoms with van der Waals surface area (Å²) < 4.78 is 27.4. The molecular formula is C32H34ClN3O4S. The summed E-state index contributed by atoms with van der Waals surface area (Å²) in [6.45, 7) is 2.04. The van der Waals surface area contributed by atoms with Crippen LogP contribution in [0.3, 0.4) is 0 Å². The Balaban J connectivity index is 1.76. The van der Waals surface area contributed by atoms with E-state index in [2.05, 4.69) is 5.32 Å². The number of carbonyl (C=O) groups is 2. The average Bonchev–Trinajstić information content (AvgIpc) is 2.97. The monoisotopic (exact) mass is 591 g/mol. The molecule has 214 valence electrons. The number of nitrogens with zero attached hydrogens (tertiary/aromatic N) is 2. The standard InChI is InChI=1S/C32H34ClN3O4S/c1-3-20-34-32(38)30(21-24-10-5-4-6-11-24)35(22-25-16-18-27(33)19-17-25)31(37)23-36(41(2,39)40)29-15-9-13-26-12-7-8-14-28(26)29/h4-19,30H,3,20-23H2,1-2H3,(H,34,38)/t30-/m0/s1. The van der Waals surface area contributed by atoms with Gasteiger partial charge in [0.1, 0.15) is 12.6 Å².